The summed E-state index contributed by atoms with van der Waals surface area (Å²) >= 11 is 0. The lowest BCUT2D eigenvalue weighted by atomic mass is 9.85. The molecule has 6 heteroatoms. The van der Waals surface area contributed by atoms with Gasteiger partial charge < -0.3 is 20.5 Å². The Morgan fingerprint density at radius 1 is 1.10 bits per heavy atom. The second kappa shape index (κ2) is 8.78. The number of cyclic esters (lactones) is 1. The van der Waals surface area contributed by atoms with Gasteiger partial charge in [-0.15, -0.1) is 0 Å². The van der Waals surface area contributed by atoms with Crippen molar-refractivity contribution in [2.75, 3.05) is 18.9 Å². The number of carbonyl (C=O) groups is 1. The van der Waals surface area contributed by atoms with E-state index in [4.69, 9.17) is 10.5 Å². The summed E-state index contributed by atoms with van der Waals surface area (Å²) in [6, 6.07) is 21.4. The third-order valence-corrected chi connectivity index (χ3v) is 6.07. The normalized spacial score (nSPS) is 19.7. The average molecular weight is 418 g/mol. The van der Waals surface area contributed by atoms with Gasteiger partial charge in [-0.3, -0.25) is 0 Å². The van der Waals surface area contributed by atoms with Crippen molar-refractivity contribution in [2.24, 2.45) is 0 Å². The molecule has 0 radical (unpaired) electrons. The Labute approximate surface area is 182 Å². The Balaban J connectivity index is 1.50. The van der Waals surface area contributed by atoms with E-state index in [2.05, 4.69) is 4.98 Å². The topological polar surface area (TPSA) is 88.7 Å². The minimum atomic E-state index is -0.782. The molecular weight excluding hydrogens is 390 g/mol. The fourth-order valence-corrected chi connectivity index (χ4v) is 4.18. The predicted molar refractivity (Wildman–Crippen MR) is 120 cm³/mol. The van der Waals surface area contributed by atoms with Gasteiger partial charge in [0.1, 0.15) is 11.4 Å². The van der Waals surface area contributed by atoms with Gasteiger partial charge in [0.2, 0.25) is 0 Å². The number of amides is 1. The Hall–Kier alpha value is -3.38. The summed E-state index contributed by atoms with van der Waals surface area (Å²) < 4.78 is 5.97. The second-order valence-corrected chi connectivity index (χ2v) is 7.92. The Morgan fingerprint density at radius 3 is 2.42 bits per heavy atom. The van der Waals surface area contributed by atoms with Crippen molar-refractivity contribution in [3.05, 3.63) is 84.1 Å². The largest absolute Gasteiger partial charge is 0.438 e. The summed E-state index contributed by atoms with van der Waals surface area (Å²) in [5.74, 6) is 0.491. The first kappa shape index (κ1) is 20.9. The fourth-order valence-electron chi connectivity index (χ4n) is 4.18. The van der Waals surface area contributed by atoms with Crippen LogP contribution in [0.4, 0.5) is 10.6 Å². The molecule has 0 aliphatic carbocycles. The van der Waals surface area contributed by atoms with Crippen LogP contribution in [0.15, 0.2) is 72.9 Å². The van der Waals surface area contributed by atoms with Gasteiger partial charge in [-0.05, 0) is 35.7 Å². The van der Waals surface area contributed by atoms with Crippen LogP contribution in [0.3, 0.4) is 0 Å². The van der Waals surface area contributed by atoms with Crippen LogP contribution >= 0.6 is 0 Å². The summed E-state index contributed by atoms with van der Waals surface area (Å²) in [5, 5.41) is 9.60. The van der Waals surface area contributed by atoms with Gasteiger partial charge in [0.25, 0.3) is 0 Å². The van der Waals surface area contributed by atoms with Crippen LogP contribution in [0.2, 0.25) is 0 Å². The van der Waals surface area contributed by atoms with Crippen LogP contribution in [-0.4, -0.2) is 34.2 Å². The van der Waals surface area contributed by atoms with Crippen LogP contribution in [0.25, 0.3) is 11.1 Å². The van der Waals surface area contributed by atoms with E-state index in [1.165, 1.54) is 0 Å². The molecule has 6 nitrogen and oxygen atoms in total. The Morgan fingerprint density at radius 2 is 1.81 bits per heavy atom. The molecule has 1 fully saturated rings. The average Bonchev–Trinajstić information content (AvgIpc) is 2.80. The maximum absolute atomic E-state index is 13.0. The molecule has 1 aliphatic heterocycles. The lowest BCUT2D eigenvalue weighted by Crippen LogP contribution is -2.49. The number of rotatable bonds is 6. The number of ether oxygens (including phenoxy) is 1. The number of hydrogen-bond donors (Lipinski definition) is 2. The van der Waals surface area contributed by atoms with Crippen molar-refractivity contribution >= 4 is 11.9 Å². The highest BCUT2D eigenvalue weighted by Gasteiger charge is 2.43. The van der Waals surface area contributed by atoms with Gasteiger partial charge in [-0.25, -0.2) is 9.78 Å². The van der Waals surface area contributed by atoms with Crippen molar-refractivity contribution in [3.8, 4) is 11.1 Å². The van der Waals surface area contributed by atoms with E-state index in [9.17, 15) is 9.90 Å². The van der Waals surface area contributed by atoms with Crippen molar-refractivity contribution < 1.29 is 14.6 Å². The number of pyridine rings is 1. The van der Waals surface area contributed by atoms with Gasteiger partial charge in [0, 0.05) is 37.8 Å². The number of carbonyl (C=O) groups excluding carboxylic acids is 1. The third kappa shape index (κ3) is 4.25. The third-order valence-electron chi connectivity index (χ3n) is 6.07. The Kier molecular flexibility index (Phi) is 5.91. The quantitative estimate of drug-likeness (QED) is 0.616. The molecule has 1 aliphatic rings. The van der Waals surface area contributed by atoms with Gasteiger partial charge in [-0.1, -0.05) is 54.6 Å². The van der Waals surface area contributed by atoms with Crippen LogP contribution in [-0.2, 0) is 10.3 Å². The molecule has 2 unspecified atom stereocenters. The second-order valence-electron chi connectivity index (χ2n) is 7.92. The zero-order valence-electron chi connectivity index (χ0n) is 17.6. The molecular formula is C25H27N3O3. The monoisotopic (exact) mass is 417 g/mol. The molecule has 31 heavy (non-hydrogen) atoms. The minimum Gasteiger partial charge on any atom is -0.438 e. The Bertz CT molecular complexity index is 1020. The van der Waals surface area contributed by atoms with Crippen LogP contribution in [0.5, 0.6) is 0 Å². The van der Waals surface area contributed by atoms with E-state index in [-0.39, 0.29) is 18.7 Å². The molecule has 1 saturated heterocycles. The number of aliphatic hydroxyl groups excluding tert-OH is 1. The lowest BCUT2D eigenvalue weighted by molar-refractivity contribution is -0.0718. The van der Waals surface area contributed by atoms with Crippen molar-refractivity contribution in [3.63, 3.8) is 0 Å². The maximum atomic E-state index is 13.0. The van der Waals surface area contributed by atoms with Crippen molar-refractivity contribution in [2.45, 2.75) is 31.4 Å². The molecule has 3 N–H and O–H groups in total. The fraction of sp³-hybridized carbons (Fsp3) is 0.280. The van der Waals surface area contributed by atoms with Crippen LogP contribution in [0, 0.1) is 0 Å². The zero-order valence-corrected chi connectivity index (χ0v) is 17.6. The summed E-state index contributed by atoms with van der Waals surface area (Å²) in [6.45, 7) is 2.51. The van der Waals surface area contributed by atoms with Gasteiger partial charge in [-0.2, -0.15) is 0 Å². The summed E-state index contributed by atoms with van der Waals surface area (Å²) in [6.07, 6.45) is 2.40. The maximum Gasteiger partial charge on any atom is 0.411 e. The van der Waals surface area contributed by atoms with E-state index in [0.29, 0.717) is 25.2 Å². The highest BCUT2D eigenvalue weighted by atomic mass is 16.6. The van der Waals surface area contributed by atoms with Gasteiger partial charge >= 0.3 is 6.09 Å². The number of nitrogen functional groups attached to an aromatic ring is 1. The zero-order chi connectivity index (χ0) is 21.8. The number of aromatic nitrogens is 1. The molecule has 4 rings (SSSR count). The number of nitrogens with two attached hydrogens (primary N) is 1. The molecule has 3 aromatic rings. The van der Waals surface area contributed by atoms with E-state index < -0.39 is 5.60 Å². The molecule has 2 heterocycles. The number of nitrogens with zero attached hydrogens (tertiary/aromatic N) is 2. The molecule has 2 atom stereocenters. The highest BCUT2D eigenvalue weighted by molar-refractivity contribution is 5.70. The first-order chi connectivity index (χ1) is 15.0. The predicted octanol–water partition coefficient (Wildman–Crippen LogP) is 4.51. The summed E-state index contributed by atoms with van der Waals surface area (Å²) in [4.78, 5) is 18.9. The first-order valence-electron chi connectivity index (χ1n) is 10.5. The molecule has 1 aromatic heterocycles. The summed E-state index contributed by atoms with van der Waals surface area (Å²) in [5.41, 5.74) is 8.86. The molecule has 0 saturated carbocycles. The number of anilines is 1. The highest BCUT2D eigenvalue weighted by Crippen LogP contribution is 2.39. The molecule has 2 aromatic carbocycles. The van der Waals surface area contributed by atoms with E-state index in [1.807, 2.05) is 67.6 Å². The lowest BCUT2D eigenvalue weighted by Gasteiger charge is -2.43. The molecule has 160 valence electrons. The van der Waals surface area contributed by atoms with Gasteiger partial charge in [0.05, 0.1) is 6.04 Å². The van der Waals surface area contributed by atoms with Crippen LogP contribution in [0.1, 0.15) is 36.9 Å². The number of hydrogen-bond acceptors (Lipinski definition) is 5. The minimum absolute atomic E-state index is 0.0425. The standard InChI is InChI=1S/C25H27N3O3/c1-18(19-7-9-20(10-8-19)21-11-12-23(26)27-17-21)28-15-13-25(14-16-29,31-24(28)30)22-5-3-2-4-6-22/h2-12,17-18,29H,13-16H2,1H3,(H2,26,27). The molecule has 0 spiro atoms. The molecule has 1 amide bonds. The SMILES string of the molecule is CC(c1ccc(-c2ccc(N)nc2)cc1)N1CCC(CCO)(c2ccccc2)OC1=O. The van der Waals surface area contributed by atoms with E-state index in [0.717, 1.165) is 22.3 Å². The molecule has 0 bridgehead atoms. The van der Waals surface area contributed by atoms with Crippen molar-refractivity contribution in [1.82, 2.24) is 9.88 Å². The van der Waals surface area contributed by atoms with Crippen molar-refractivity contribution in [1.29, 1.82) is 0 Å². The van der Waals surface area contributed by atoms with E-state index >= 15 is 0 Å². The first-order valence-corrected chi connectivity index (χ1v) is 10.5. The number of aliphatic hydroxyl groups is 1. The summed E-state index contributed by atoms with van der Waals surface area (Å²) in [7, 11) is 0. The van der Waals surface area contributed by atoms with Gasteiger partial charge in [0.15, 0.2) is 0 Å². The smallest absolute Gasteiger partial charge is 0.411 e. The number of benzene rings is 2. The van der Waals surface area contributed by atoms with E-state index in [1.54, 1.807) is 17.2 Å². The van der Waals surface area contributed by atoms with Crippen LogP contribution < -0.4 is 5.73 Å².